The first-order chi connectivity index (χ1) is 14.5. The first-order valence-electron chi connectivity index (χ1n) is 9.08. The smallest absolute Gasteiger partial charge is 0.295 e. The maximum absolute atomic E-state index is 14.7. The average molecular weight is 460 g/mol. The summed E-state index contributed by atoms with van der Waals surface area (Å²) >= 11 is 0. The molecule has 1 unspecified atom stereocenters. The highest BCUT2D eigenvalue weighted by molar-refractivity contribution is 7.90. The van der Waals surface area contributed by atoms with E-state index >= 15 is 0 Å². The first kappa shape index (κ1) is 22.7. The minimum atomic E-state index is -3.57. The molecule has 0 aliphatic carbocycles. The van der Waals surface area contributed by atoms with Crippen LogP contribution in [0, 0.1) is 23.3 Å². The second-order valence-corrected chi connectivity index (χ2v) is 9.10. The van der Waals surface area contributed by atoms with Gasteiger partial charge in [-0.1, -0.05) is 6.92 Å². The third kappa shape index (κ3) is 4.87. The lowest BCUT2D eigenvalue weighted by atomic mass is 10.0. The van der Waals surface area contributed by atoms with E-state index in [1.54, 1.807) is 6.92 Å². The van der Waals surface area contributed by atoms with Gasteiger partial charge in [0.05, 0.1) is 17.7 Å². The van der Waals surface area contributed by atoms with Crippen LogP contribution in [0.25, 0.3) is 0 Å². The highest BCUT2D eigenvalue weighted by Crippen LogP contribution is 2.38. The van der Waals surface area contributed by atoms with Crippen LogP contribution in [0.4, 0.5) is 27.6 Å². The lowest BCUT2D eigenvalue weighted by molar-refractivity contribution is 0.456. The summed E-state index contributed by atoms with van der Waals surface area (Å²) in [4.78, 5) is 4.06. The fourth-order valence-electron chi connectivity index (χ4n) is 3.28. The van der Waals surface area contributed by atoms with Crippen LogP contribution in [-0.2, 0) is 15.6 Å². The van der Waals surface area contributed by atoms with Crippen molar-refractivity contribution >= 4 is 21.5 Å². The Morgan fingerprint density at radius 1 is 1.00 bits per heavy atom. The fraction of sp³-hybridized carbons (Fsp3) is 0.250. The molecular weight excluding hydrogens is 443 g/mol. The van der Waals surface area contributed by atoms with E-state index in [1.807, 2.05) is 0 Å². The Hall–Kier alpha value is -2.95. The van der Waals surface area contributed by atoms with Gasteiger partial charge in [-0.25, -0.2) is 35.4 Å². The van der Waals surface area contributed by atoms with E-state index in [4.69, 9.17) is 0 Å². The van der Waals surface area contributed by atoms with Crippen LogP contribution in [0.3, 0.4) is 0 Å². The zero-order valence-corrected chi connectivity index (χ0v) is 16.9. The number of rotatable bonds is 6. The van der Waals surface area contributed by atoms with Gasteiger partial charge in [0.25, 0.3) is 6.02 Å². The number of hydrogen-bond donors (Lipinski definition) is 1. The Labute approximate surface area is 175 Å². The maximum atomic E-state index is 14.7. The molecule has 166 valence electrons. The molecule has 1 heterocycles. The lowest BCUT2D eigenvalue weighted by Crippen LogP contribution is -2.38. The molecule has 3 rings (SSSR count). The zero-order chi connectivity index (χ0) is 22.9. The Morgan fingerprint density at radius 3 is 2.35 bits per heavy atom. The molecule has 11 heteroatoms. The monoisotopic (exact) mass is 460 g/mol. The largest absolute Gasteiger partial charge is 0.480 e. The van der Waals surface area contributed by atoms with Gasteiger partial charge in [-0.15, -0.1) is 0 Å². The average Bonchev–Trinajstić information content (AvgIpc) is 2.65. The first-order valence-corrected chi connectivity index (χ1v) is 10.9. The molecule has 1 aliphatic heterocycles. The van der Waals surface area contributed by atoms with Gasteiger partial charge >= 0.3 is 0 Å². The van der Waals surface area contributed by atoms with Crippen molar-refractivity contribution in [3.8, 4) is 0 Å². The summed E-state index contributed by atoms with van der Waals surface area (Å²) in [7, 11) is -3.57. The second-order valence-electron chi connectivity index (χ2n) is 6.91. The topological polar surface area (TPSA) is 70.0 Å². The molecule has 0 amide bonds. The van der Waals surface area contributed by atoms with Gasteiger partial charge in [-0.05, 0) is 36.2 Å². The highest BCUT2D eigenvalue weighted by Gasteiger charge is 2.35. The van der Waals surface area contributed by atoms with Crippen molar-refractivity contribution in [1.82, 2.24) is 0 Å². The van der Waals surface area contributed by atoms with Crippen LogP contribution in [0.5, 0.6) is 0 Å². The molecule has 1 N–H and O–H groups in total. The van der Waals surface area contributed by atoms with E-state index in [2.05, 4.69) is 4.99 Å². The van der Waals surface area contributed by atoms with E-state index in [0.29, 0.717) is 23.6 Å². The predicted octanol–water partition coefficient (Wildman–Crippen LogP) is 4.85. The number of aliphatic imine (C=N–C) groups is 1. The van der Waals surface area contributed by atoms with Gasteiger partial charge in [0.2, 0.25) is 0 Å². The van der Waals surface area contributed by atoms with Crippen LogP contribution in [0.15, 0.2) is 47.4 Å². The van der Waals surface area contributed by atoms with Crippen molar-refractivity contribution in [2.24, 2.45) is 4.99 Å². The Kier molecular flexibility index (Phi) is 6.35. The molecule has 0 bridgehead atoms. The number of aliphatic hydroxyl groups excluding tert-OH is 1. The van der Waals surface area contributed by atoms with E-state index < -0.39 is 62.3 Å². The minimum absolute atomic E-state index is 0.00396. The summed E-state index contributed by atoms with van der Waals surface area (Å²) in [6.45, 7) is 1.66. The summed E-state index contributed by atoms with van der Waals surface area (Å²) in [5.74, 6) is -7.00. The van der Waals surface area contributed by atoms with Crippen molar-refractivity contribution in [2.45, 2.75) is 25.1 Å². The predicted molar refractivity (Wildman–Crippen MR) is 105 cm³/mol. The van der Waals surface area contributed by atoms with Crippen LogP contribution in [0.1, 0.15) is 30.5 Å². The second kappa shape index (κ2) is 8.66. The van der Waals surface area contributed by atoms with Crippen molar-refractivity contribution < 1.29 is 35.5 Å². The van der Waals surface area contributed by atoms with Crippen LogP contribution >= 0.6 is 0 Å². The Morgan fingerprint density at radius 2 is 1.68 bits per heavy atom. The molecule has 0 saturated carbocycles. The molecule has 0 aromatic heterocycles. The van der Waals surface area contributed by atoms with E-state index in [-0.39, 0.29) is 23.1 Å². The van der Waals surface area contributed by atoms with Gasteiger partial charge in [-0.3, -0.25) is 4.90 Å². The van der Waals surface area contributed by atoms with E-state index in [0.717, 1.165) is 18.2 Å². The number of hydrogen-bond acceptors (Lipinski definition) is 4. The number of aliphatic hydroxyl groups is 1. The number of sulfone groups is 1. The fourth-order valence-corrected chi connectivity index (χ4v) is 4.72. The summed E-state index contributed by atoms with van der Waals surface area (Å²) in [6.07, 6.45) is 0.903. The van der Waals surface area contributed by atoms with Crippen LogP contribution in [0.2, 0.25) is 0 Å². The van der Waals surface area contributed by atoms with Gasteiger partial charge in [-0.2, -0.15) is 0 Å². The van der Waals surface area contributed by atoms with Crippen molar-refractivity contribution in [3.05, 3.63) is 76.8 Å². The van der Waals surface area contributed by atoms with Crippen LogP contribution < -0.4 is 4.90 Å². The number of halogens is 5. The molecule has 5 nitrogen and oxygen atoms in total. The number of amidine groups is 1. The molecule has 1 aliphatic rings. The summed E-state index contributed by atoms with van der Waals surface area (Å²) in [5, 5.41) is 10.2. The minimum Gasteiger partial charge on any atom is -0.480 e. The van der Waals surface area contributed by atoms with Gasteiger partial charge in [0, 0.05) is 17.3 Å². The molecule has 0 spiro atoms. The molecule has 0 fully saturated rings. The summed E-state index contributed by atoms with van der Waals surface area (Å²) in [6, 6.07) is 0.857. The standard InChI is InChI=1S/C20H17F5N2O3S/c1-2-3-31(29,30)10-11-4-12(21)6-13(5-11)27-19(18(25)9-26-20(27)28)14-7-16(23)17(24)8-15(14)22/h4-9,19H,2-3,10H2,1H3,(H,26,28). The molecule has 2 aromatic carbocycles. The maximum Gasteiger partial charge on any atom is 0.295 e. The van der Waals surface area contributed by atoms with Crippen molar-refractivity contribution in [2.75, 3.05) is 10.7 Å². The third-order valence-electron chi connectivity index (χ3n) is 4.49. The van der Waals surface area contributed by atoms with Crippen molar-refractivity contribution in [3.63, 3.8) is 0 Å². The molecular formula is C20H17F5N2O3S. The molecule has 2 aromatic rings. The van der Waals surface area contributed by atoms with Crippen LogP contribution in [-0.4, -0.2) is 25.3 Å². The number of benzene rings is 2. The Bertz CT molecular complexity index is 1180. The third-order valence-corrected chi connectivity index (χ3v) is 6.30. The van der Waals surface area contributed by atoms with Gasteiger partial charge in [0.1, 0.15) is 23.5 Å². The quantitative estimate of drug-likeness (QED) is 0.494. The van der Waals surface area contributed by atoms with Gasteiger partial charge < -0.3 is 5.11 Å². The number of nitrogens with zero attached hydrogens (tertiary/aromatic N) is 2. The van der Waals surface area contributed by atoms with E-state index in [1.165, 1.54) is 0 Å². The summed E-state index contributed by atoms with van der Waals surface area (Å²) in [5.41, 5.74) is -0.949. The SMILES string of the molecule is CCCS(=O)(=O)Cc1cc(F)cc(N2C(O)=NC=C(F)C2c2cc(F)c(F)cc2F)c1. The Balaban J connectivity index is 2.12. The molecule has 0 saturated heterocycles. The zero-order valence-electron chi connectivity index (χ0n) is 16.1. The highest BCUT2D eigenvalue weighted by atomic mass is 32.2. The van der Waals surface area contributed by atoms with Gasteiger partial charge in [0.15, 0.2) is 21.5 Å². The molecule has 1 atom stereocenters. The lowest BCUT2D eigenvalue weighted by Gasteiger charge is -2.33. The molecule has 31 heavy (non-hydrogen) atoms. The molecule has 0 radical (unpaired) electrons. The van der Waals surface area contributed by atoms with Crippen molar-refractivity contribution in [1.29, 1.82) is 0 Å². The normalized spacial score (nSPS) is 16.8. The summed E-state index contributed by atoms with van der Waals surface area (Å²) < 4.78 is 94.6. The van der Waals surface area contributed by atoms with E-state index in [9.17, 15) is 35.5 Å². The number of anilines is 1.